The summed E-state index contributed by atoms with van der Waals surface area (Å²) in [5.41, 5.74) is 4.67. The van der Waals surface area contributed by atoms with Crippen LogP contribution in [0.1, 0.15) is 25.8 Å². The molecule has 226 valence electrons. The number of aryl methyl sites for hydroxylation is 1. The Labute approximate surface area is 252 Å². The number of anilines is 1. The van der Waals surface area contributed by atoms with Gasteiger partial charge in [0.2, 0.25) is 11.8 Å². The first-order valence-electron chi connectivity index (χ1n) is 15.0. The predicted molar refractivity (Wildman–Crippen MR) is 167 cm³/mol. The highest BCUT2D eigenvalue weighted by Gasteiger charge is 2.38. The van der Waals surface area contributed by atoms with Crippen molar-refractivity contribution < 1.29 is 19.7 Å². The molecule has 1 amide bonds. The number of likely N-dealkylation sites (tertiary alicyclic amines) is 1. The molecular formula is C33H40N6O4. The van der Waals surface area contributed by atoms with Crippen LogP contribution < -0.4 is 9.64 Å². The quantitative estimate of drug-likeness (QED) is 0.310. The summed E-state index contributed by atoms with van der Waals surface area (Å²) in [6, 6.07) is 19.6. The normalized spacial score (nSPS) is 19.1. The first-order chi connectivity index (χ1) is 20.7. The summed E-state index contributed by atoms with van der Waals surface area (Å²) in [5, 5.41) is 25.5. The molecule has 0 radical (unpaired) electrons. The van der Waals surface area contributed by atoms with E-state index in [0.29, 0.717) is 31.5 Å². The van der Waals surface area contributed by atoms with Crippen molar-refractivity contribution in [2.24, 2.45) is 18.4 Å². The minimum Gasteiger partial charge on any atom is -0.493 e. The third-order valence-corrected chi connectivity index (χ3v) is 9.08. The van der Waals surface area contributed by atoms with E-state index in [1.807, 2.05) is 48.1 Å². The highest BCUT2D eigenvalue weighted by atomic mass is 16.5. The van der Waals surface area contributed by atoms with E-state index in [2.05, 4.69) is 46.8 Å². The van der Waals surface area contributed by atoms with Crippen molar-refractivity contribution in [3.8, 4) is 23.0 Å². The fourth-order valence-electron chi connectivity index (χ4n) is 6.60. The highest BCUT2D eigenvalue weighted by molar-refractivity contribution is 6.01. The molecule has 4 aromatic rings. The van der Waals surface area contributed by atoms with Gasteiger partial charge in [-0.1, -0.05) is 56.3 Å². The molecule has 10 heteroatoms. The van der Waals surface area contributed by atoms with Crippen molar-refractivity contribution >= 4 is 22.7 Å². The molecule has 0 saturated carbocycles. The number of piperazine rings is 1. The van der Waals surface area contributed by atoms with Crippen molar-refractivity contribution in [3.63, 3.8) is 0 Å². The Morgan fingerprint density at radius 3 is 2.49 bits per heavy atom. The molecular weight excluding hydrogens is 544 g/mol. The van der Waals surface area contributed by atoms with Crippen LogP contribution in [-0.4, -0.2) is 86.7 Å². The zero-order valence-corrected chi connectivity index (χ0v) is 25.1. The lowest BCUT2D eigenvalue weighted by atomic mass is 9.73. The molecule has 0 bridgehead atoms. The average Bonchev–Trinajstić information content (AvgIpc) is 3.34. The second-order valence-electron chi connectivity index (χ2n) is 12.4. The van der Waals surface area contributed by atoms with Gasteiger partial charge in [0, 0.05) is 64.3 Å². The number of fused-ring (bicyclic) bond motifs is 1. The maximum atomic E-state index is 11.5. The molecule has 2 aromatic heterocycles. The zero-order chi connectivity index (χ0) is 30.1. The summed E-state index contributed by atoms with van der Waals surface area (Å²) >= 11 is 0. The van der Waals surface area contributed by atoms with Crippen molar-refractivity contribution in [3.05, 3.63) is 66.2 Å². The number of amides is 1. The fourth-order valence-corrected chi connectivity index (χ4v) is 6.60. The van der Waals surface area contributed by atoms with E-state index in [-0.39, 0.29) is 11.3 Å². The van der Waals surface area contributed by atoms with Gasteiger partial charge in [-0.25, -0.2) is 4.79 Å². The largest absolute Gasteiger partial charge is 0.493 e. The molecule has 2 N–H and O–H groups in total. The summed E-state index contributed by atoms with van der Waals surface area (Å²) in [6.45, 7) is 10.6. The molecule has 6 rings (SSSR count). The number of hydrogen-bond acceptors (Lipinski definition) is 7. The number of aromatic hydroxyl groups is 1. The molecule has 0 aliphatic carbocycles. The molecule has 1 atom stereocenters. The van der Waals surface area contributed by atoms with Crippen LogP contribution in [0.4, 0.5) is 10.5 Å². The van der Waals surface area contributed by atoms with Crippen molar-refractivity contribution in [1.82, 2.24) is 24.6 Å². The maximum absolute atomic E-state index is 11.5. The van der Waals surface area contributed by atoms with E-state index in [4.69, 9.17) is 9.84 Å². The fraction of sp³-hybridized carbons (Fsp3) is 0.424. The van der Waals surface area contributed by atoms with Crippen LogP contribution in [0.15, 0.2) is 60.7 Å². The van der Waals surface area contributed by atoms with Crippen LogP contribution in [0.2, 0.25) is 0 Å². The van der Waals surface area contributed by atoms with E-state index in [9.17, 15) is 15.0 Å². The summed E-state index contributed by atoms with van der Waals surface area (Å²) in [5.74, 6) is 0.719. The number of aromatic nitrogens is 3. The molecule has 2 aromatic carbocycles. The Balaban J connectivity index is 1.19. The van der Waals surface area contributed by atoms with Crippen LogP contribution in [-0.2, 0) is 13.7 Å². The van der Waals surface area contributed by atoms with Gasteiger partial charge < -0.3 is 24.7 Å². The second-order valence-corrected chi connectivity index (χ2v) is 12.4. The SMILES string of the molecule is Cn1nc(-c2ccc(O)nc2OCc2ccccc2)c2cccc(N3CCN(CC4CCN(C(=O)O)CC4(C)C)CC3)c21. The number of pyridine rings is 1. The first kappa shape index (κ1) is 28.8. The Bertz CT molecular complexity index is 1600. The maximum Gasteiger partial charge on any atom is 0.407 e. The van der Waals surface area contributed by atoms with Gasteiger partial charge in [-0.2, -0.15) is 10.1 Å². The predicted octanol–water partition coefficient (Wildman–Crippen LogP) is 5.07. The van der Waals surface area contributed by atoms with Gasteiger partial charge in [-0.3, -0.25) is 9.58 Å². The number of hydrogen-bond donors (Lipinski definition) is 2. The Kier molecular flexibility index (Phi) is 7.87. The van der Waals surface area contributed by atoms with Gasteiger partial charge in [0.05, 0.1) is 16.8 Å². The summed E-state index contributed by atoms with van der Waals surface area (Å²) in [4.78, 5) is 22.3. The molecule has 2 saturated heterocycles. The van der Waals surface area contributed by atoms with E-state index < -0.39 is 6.09 Å². The number of benzene rings is 2. The third kappa shape index (κ3) is 5.97. The minimum atomic E-state index is -0.815. The van der Waals surface area contributed by atoms with Gasteiger partial charge in [0.1, 0.15) is 12.3 Å². The Morgan fingerprint density at radius 2 is 1.77 bits per heavy atom. The topological polar surface area (TPSA) is 107 Å². The van der Waals surface area contributed by atoms with E-state index >= 15 is 0 Å². The number of carbonyl (C=O) groups is 1. The van der Waals surface area contributed by atoms with Gasteiger partial charge in [-0.15, -0.1) is 0 Å². The van der Waals surface area contributed by atoms with Crippen LogP contribution in [0, 0.1) is 11.3 Å². The molecule has 10 nitrogen and oxygen atoms in total. The van der Waals surface area contributed by atoms with Crippen molar-refractivity contribution in [2.75, 3.05) is 50.7 Å². The molecule has 0 spiro atoms. The number of piperidine rings is 1. The zero-order valence-electron chi connectivity index (χ0n) is 25.1. The number of ether oxygens (including phenoxy) is 1. The standard InChI is InChI=1S/C33H40N6O4/c1-33(2)22-39(32(41)42)15-14-24(33)20-37-16-18-38(19-17-37)27-11-7-10-25-29(35-36(3)30(25)27)26-12-13-28(40)34-31(26)43-21-23-8-5-4-6-9-23/h4-13,24H,14-22H2,1-3H3,(H,34,40)(H,41,42). The van der Waals surface area contributed by atoms with Crippen molar-refractivity contribution in [2.45, 2.75) is 26.9 Å². The summed E-state index contributed by atoms with van der Waals surface area (Å²) in [6.07, 6.45) is 0.0880. The van der Waals surface area contributed by atoms with Gasteiger partial charge >= 0.3 is 6.09 Å². The third-order valence-electron chi connectivity index (χ3n) is 9.08. The van der Waals surface area contributed by atoms with E-state index in [0.717, 1.165) is 72.6 Å². The van der Waals surface area contributed by atoms with Crippen LogP contribution in [0.25, 0.3) is 22.2 Å². The smallest absolute Gasteiger partial charge is 0.407 e. The van der Waals surface area contributed by atoms with Crippen molar-refractivity contribution in [1.29, 1.82) is 0 Å². The average molecular weight is 585 g/mol. The first-order valence-corrected chi connectivity index (χ1v) is 15.0. The molecule has 2 aliphatic heterocycles. The Hall–Kier alpha value is -4.31. The van der Waals surface area contributed by atoms with Gasteiger partial charge in [0.25, 0.3) is 0 Å². The van der Waals surface area contributed by atoms with E-state index in [1.54, 1.807) is 11.0 Å². The number of rotatable bonds is 7. The number of para-hydroxylation sites is 1. The molecule has 1 unspecified atom stereocenters. The lowest BCUT2D eigenvalue weighted by Gasteiger charge is -2.46. The molecule has 43 heavy (non-hydrogen) atoms. The summed E-state index contributed by atoms with van der Waals surface area (Å²) < 4.78 is 8.03. The lowest BCUT2D eigenvalue weighted by Crippen LogP contribution is -2.53. The summed E-state index contributed by atoms with van der Waals surface area (Å²) in [7, 11) is 1.97. The highest BCUT2D eigenvalue weighted by Crippen LogP contribution is 2.39. The Morgan fingerprint density at radius 1 is 1.00 bits per heavy atom. The number of nitrogens with zero attached hydrogens (tertiary/aromatic N) is 6. The molecule has 2 fully saturated rings. The molecule has 2 aliphatic rings. The van der Waals surface area contributed by atoms with Gasteiger partial charge in [-0.05, 0) is 35.4 Å². The van der Waals surface area contributed by atoms with Crippen LogP contribution in [0.5, 0.6) is 11.8 Å². The molecule has 4 heterocycles. The van der Waals surface area contributed by atoms with E-state index in [1.165, 1.54) is 0 Å². The van der Waals surface area contributed by atoms with Crippen LogP contribution >= 0.6 is 0 Å². The van der Waals surface area contributed by atoms with Gasteiger partial charge in [0.15, 0.2) is 0 Å². The van der Waals surface area contributed by atoms with Crippen LogP contribution in [0.3, 0.4) is 0 Å². The minimum absolute atomic E-state index is 0.0444. The number of carboxylic acid groups (broad SMARTS) is 1. The lowest BCUT2D eigenvalue weighted by molar-refractivity contribution is 0.0335. The second kappa shape index (κ2) is 11.8. The monoisotopic (exact) mass is 584 g/mol.